The normalized spacial score (nSPS) is 14.0. The summed E-state index contributed by atoms with van der Waals surface area (Å²) in [6.45, 7) is 6.84. The number of amides is 1. The third-order valence-electron chi connectivity index (χ3n) is 5.96. The molecule has 0 unspecified atom stereocenters. The van der Waals surface area contributed by atoms with Gasteiger partial charge in [-0.2, -0.15) is 0 Å². The van der Waals surface area contributed by atoms with Crippen molar-refractivity contribution in [3.05, 3.63) is 53.6 Å². The van der Waals surface area contributed by atoms with Crippen LogP contribution in [0.15, 0.2) is 47.6 Å². The maximum absolute atomic E-state index is 12.5. The van der Waals surface area contributed by atoms with Gasteiger partial charge in [-0.1, -0.05) is 23.9 Å². The van der Waals surface area contributed by atoms with Gasteiger partial charge >= 0.3 is 0 Å². The molecule has 1 aliphatic rings. The van der Waals surface area contributed by atoms with Crippen LogP contribution < -0.4 is 10.1 Å². The van der Waals surface area contributed by atoms with Gasteiger partial charge in [0.15, 0.2) is 11.0 Å². The number of thioether (sulfide) groups is 1. The van der Waals surface area contributed by atoms with Gasteiger partial charge in [-0.05, 0) is 87.9 Å². The van der Waals surface area contributed by atoms with E-state index in [4.69, 9.17) is 4.74 Å². The first kappa shape index (κ1) is 22.4. The van der Waals surface area contributed by atoms with E-state index in [1.165, 1.54) is 24.6 Å². The summed E-state index contributed by atoms with van der Waals surface area (Å²) >= 11 is 1.40. The molecule has 0 bridgehead atoms. The van der Waals surface area contributed by atoms with E-state index in [9.17, 15) is 4.79 Å². The van der Waals surface area contributed by atoms with Crippen molar-refractivity contribution < 1.29 is 9.53 Å². The molecule has 32 heavy (non-hydrogen) atoms. The van der Waals surface area contributed by atoms with Crippen LogP contribution in [0.4, 0.5) is 5.69 Å². The lowest BCUT2D eigenvalue weighted by Crippen LogP contribution is -2.15. The smallest absolute Gasteiger partial charge is 0.234 e. The Morgan fingerprint density at radius 3 is 2.59 bits per heavy atom. The summed E-state index contributed by atoms with van der Waals surface area (Å²) in [7, 11) is 0. The zero-order valence-electron chi connectivity index (χ0n) is 18.9. The van der Waals surface area contributed by atoms with E-state index in [2.05, 4.69) is 22.4 Å². The Labute approximate surface area is 193 Å². The summed E-state index contributed by atoms with van der Waals surface area (Å²) in [5.41, 5.74) is 4.09. The molecular formula is C25H30N4O2S. The number of hydrogen-bond acceptors (Lipinski definition) is 5. The second-order valence-electron chi connectivity index (χ2n) is 8.18. The maximum atomic E-state index is 12.5. The molecular weight excluding hydrogens is 420 g/mol. The molecule has 1 heterocycles. The quantitative estimate of drug-likeness (QED) is 0.450. The summed E-state index contributed by atoms with van der Waals surface area (Å²) < 4.78 is 8.11. The molecule has 1 fully saturated rings. The molecule has 6 nitrogen and oxygen atoms in total. The zero-order valence-corrected chi connectivity index (χ0v) is 19.7. The molecule has 7 heteroatoms. The van der Waals surface area contributed by atoms with Crippen LogP contribution in [-0.2, 0) is 11.3 Å². The number of aromatic nitrogens is 3. The van der Waals surface area contributed by atoms with Crippen LogP contribution in [0.1, 0.15) is 43.7 Å². The molecule has 1 N–H and O–H groups in total. The first-order chi connectivity index (χ1) is 15.5. The number of carbonyl (C=O) groups is 1. The molecule has 2 aromatic carbocycles. The molecule has 168 valence electrons. The minimum absolute atomic E-state index is 0.0516. The van der Waals surface area contributed by atoms with E-state index < -0.39 is 0 Å². The van der Waals surface area contributed by atoms with Crippen molar-refractivity contribution >= 4 is 23.4 Å². The van der Waals surface area contributed by atoms with Crippen molar-refractivity contribution in [1.82, 2.24) is 14.8 Å². The highest BCUT2D eigenvalue weighted by molar-refractivity contribution is 7.99. The summed E-state index contributed by atoms with van der Waals surface area (Å²) in [5.74, 6) is 1.93. The van der Waals surface area contributed by atoms with E-state index >= 15 is 0 Å². The molecule has 0 radical (unpaired) electrons. The third-order valence-corrected chi connectivity index (χ3v) is 6.93. The molecule has 3 aromatic rings. The summed E-state index contributed by atoms with van der Waals surface area (Å²) in [5, 5.41) is 12.5. The fourth-order valence-electron chi connectivity index (χ4n) is 3.98. The molecule has 1 aliphatic carbocycles. The maximum Gasteiger partial charge on any atom is 0.234 e. The van der Waals surface area contributed by atoms with E-state index in [0.717, 1.165) is 58.5 Å². The van der Waals surface area contributed by atoms with E-state index in [-0.39, 0.29) is 11.7 Å². The lowest BCUT2D eigenvalue weighted by atomic mass is 10.1. The van der Waals surface area contributed by atoms with Gasteiger partial charge in [0.25, 0.3) is 0 Å². The molecule has 0 spiro atoms. The average molecular weight is 451 g/mol. The second-order valence-corrected chi connectivity index (χ2v) is 9.13. The van der Waals surface area contributed by atoms with E-state index in [1.54, 1.807) is 0 Å². The van der Waals surface area contributed by atoms with Crippen molar-refractivity contribution in [3.63, 3.8) is 0 Å². The number of carbonyl (C=O) groups excluding carboxylic acids is 1. The third kappa shape index (κ3) is 5.15. The number of ether oxygens (including phenoxy) is 1. The summed E-state index contributed by atoms with van der Waals surface area (Å²) in [6.07, 6.45) is 5.14. The van der Waals surface area contributed by atoms with Crippen LogP contribution in [0, 0.1) is 13.8 Å². The average Bonchev–Trinajstić information content (AvgIpc) is 3.45. The van der Waals surface area contributed by atoms with Gasteiger partial charge in [-0.3, -0.25) is 4.79 Å². The van der Waals surface area contributed by atoms with Gasteiger partial charge in [-0.25, -0.2) is 0 Å². The Morgan fingerprint density at radius 1 is 1.12 bits per heavy atom. The van der Waals surface area contributed by atoms with Gasteiger partial charge in [-0.15, -0.1) is 10.2 Å². The summed E-state index contributed by atoms with van der Waals surface area (Å²) in [6, 6.07) is 14.0. The van der Waals surface area contributed by atoms with Gasteiger partial charge in [0.05, 0.1) is 11.9 Å². The number of nitrogens with one attached hydrogen (secondary N) is 1. The Morgan fingerprint density at radius 2 is 1.88 bits per heavy atom. The topological polar surface area (TPSA) is 69.0 Å². The van der Waals surface area contributed by atoms with Crippen molar-refractivity contribution in [1.29, 1.82) is 0 Å². The van der Waals surface area contributed by atoms with Crippen molar-refractivity contribution in [2.45, 2.75) is 64.3 Å². The standard InChI is InChI=1S/C25H30N4O2S/c1-4-29-24(19-12-14-21(15-13-19)31-20-9-5-6-10-20)27-28-25(29)32-16-23(30)26-22-11-7-8-17(2)18(22)3/h7-8,11-15,20H,4-6,9-10,16H2,1-3H3,(H,26,30). The number of aryl methyl sites for hydroxylation is 1. The van der Waals surface area contributed by atoms with Gasteiger partial charge in [0.1, 0.15) is 5.75 Å². The van der Waals surface area contributed by atoms with Crippen LogP contribution in [0.5, 0.6) is 5.75 Å². The van der Waals surface area contributed by atoms with Crippen LogP contribution in [-0.4, -0.2) is 32.5 Å². The fraction of sp³-hybridized carbons (Fsp3) is 0.400. The van der Waals surface area contributed by atoms with Gasteiger partial charge < -0.3 is 14.6 Å². The Balaban J connectivity index is 1.40. The van der Waals surface area contributed by atoms with Crippen LogP contribution in [0.3, 0.4) is 0 Å². The van der Waals surface area contributed by atoms with Gasteiger partial charge in [0.2, 0.25) is 5.91 Å². The molecule has 0 atom stereocenters. The van der Waals surface area contributed by atoms with Crippen LogP contribution in [0.25, 0.3) is 11.4 Å². The van der Waals surface area contributed by atoms with Crippen LogP contribution >= 0.6 is 11.8 Å². The Kier molecular flexibility index (Phi) is 7.15. The monoisotopic (exact) mass is 450 g/mol. The van der Waals surface area contributed by atoms with Gasteiger partial charge in [0, 0.05) is 17.8 Å². The van der Waals surface area contributed by atoms with Crippen molar-refractivity contribution in [2.24, 2.45) is 0 Å². The molecule has 1 aromatic heterocycles. The minimum Gasteiger partial charge on any atom is -0.490 e. The van der Waals surface area contributed by atoms with E-state index in [0.29, 0.717) is 6.10 Å². The van der Waals surface area contributed by atoms with Crippen molar-refractivity contribution in [3.8, 4) is 17.1 Å². The molecule has 1 amide bonds. The first-order valence-electron chi connectivity index (χ1n) is 11.2. The number of anilines is 1. The highest BCUT2D eigenvalue weighted by Crippen LogP contribution is 2.28. The lowest BCUT2D eigenvalue weighted by molar-refractivity contribution is -0.113. The number of rotatable bonds is 8. The Hall–Kier alpha value is -2.80. The first-order valence-corrected chi connectivity index (χ1v) is 12.2. The molecule has 0 saturated heterocycles. The minimum atomic E-state index is -0.0516. The predicted molar refractivity (Wildman–Crippen MR) is 129 cm³/mol. The Bertz CT molecular complexity index is 1070. The second kappa shape index (κ2) is 10.2. The highest BCUT2D eigenvalue weighted by atomic mass is 32.2. The fourth-order valence-corrected chi connectivity index (χ4v) is 4.78. The van der Waals surface area contributed by atoms with E-state index in [1.807, 2.05) is 60.9 Å². The summed E-state index contributed by atoms with van der Waals surface area (Å²) in [4.78, 5) is 12.5. The molecule has 1 saturated carbocycles. The SMILES string of the molecule is CCn1c(SCC(=O)Nc2cccc(C)c2C)nnc1-c1ccc(OC2CCCC2)cc1. The number of nitrogens with zero attached hydrogens (tertiary/aromatic N) is 3. The zero-order chi connectivity index (χ0) is 22.5. The lowest BCUT2D eigenvalue weighted by Gasteiger charge is -2.13. The number of hydrogen-bond donors (Lipinski definition) is 1. The highest BCUT2D eigenvalue weighted by Gasteiger charge is 2.18. The molecule has 0 aliphatic heterocycles. The van der Waals surface area contributed by atoms with Crippen LogP contribution in [0.2, 0.25) is 0 Å². The number of benzene rings is 2. The van der Waals surface area contributed by atoms with Crippen molar-refractivity contribution in [2.75, 3.05) is 11.1 Å². The predicted octanol–water partition coefficient (Wildman–Crippen LogP) is 5.63. The largest absolute Gasteiger partial charge is 0.490 e. The molecule has 4 rings (SSSR count).